The van der Waals surface area contributed by atoms with Gasteiger partial charge in [0.25, 0.3) is 5.56 Å². The summed E-state index contributed by atoms with van der Waals surface area (Å²) in [6.45, 7) is 4.00. The number of rotatable bonds is 6. The van der Waals surface area contributed by atoms with Crippen LogP contribution >= 0.6 is 0 Å². The van der Waals surface area contributed by atoms with Crippen molar-refractivity contribution in [2.24, 2.45) is 0 Å². The molecule has 4 aromatic rings. The summed E-state index contributed by atoms with van der Waals surface area (Å²) in [7, 11) is 1.90. The smallest absolute Gasteiger partial charge is 0.261 e. The molecule has 0 N–H and O–H groups in total. The van der Waals surface area contributed by atoms with Crippen molar-refractivity contribution in [1.29, 1.82) is 0 Å². The number of aromatic nitrogens is 2. The Kier molecular flexibility index (Phi) is 5.85. The molecule has 0 aliphatic carbocycles. The highest BCUT2D eigenvalue weighted by Gasteiger charge is 2.17. The topological polar surface area (TPSA) is 38.1 Å². The molecule has 0 amide bonds. The van der Waals surface area contributed by atoms with Crippen molar-refractivity contribution in [2.45, 2.75) is 32.7 Å². The molecule has 0 aliphatic rings. The van der Waals surface area contributed by atoms with E-state index in [4.69, 9.17) is 4.98 Å². The monoisotopic (exact) mass is 415 g/mol. The van der Waals surface area contributed by atoms with E-state index in [1.54, 1.807) is 12.1 Å². The molecule has 0 radical (unpaired) electrons. The van der Waals surface area contributed by atoms with Crippen LogP contribution in [0, 0.1) is 12.7 Å². The third kappa shape index (κ3) is 4.22. The van der Waals surface area contributed by atoms with E-state index < -0.39 is 0 Å². The van der Waals surface area contributed by atoms with E-state index in [9.17, 15) is 9.18 Å². The third-order valence-electron chi connectivity index (χ3n) is 5.81. The second kappa shape index (κ2) is 8.72. The molecular weight excluding hydrogens is 389 g/mol. The summed E-state index contributed by atoms with van der Waals surface area (Å²) in [5.74, 6) is 0.446. The minimum atomic E-state index is -0.276. The lowest BCUT2D eigenvalue weighted by Crippen LogP contribution is -2.29. The van der Waals surface area contributed by atoms with Crippen molar-refractivity contribution in [3.05, 3.63) is 100 Å². The van der Waals surface area contributed by atoms with Crippen LogP contribution in [-0.2, 0) is 6.42 Å². The van der Waals surface area contributed by atoms with Gasteiger partial charge in [-0.3, -0.25) is 9.36 Å². The fourth-order valence-corrected chi connectivity index (χ4v) is 4.05. The largest absolute Gasteiger partial charge is 0.345 e. The number of nitrogens with zero attached hydrogens (tertiary/aromatic N) is 3. The van der Waals surface area contributed by atoms with Gasteiger partial charge >= 0.3 is 0 Å². The molecule has 0 aliphatic heterocycles. The van der Waals surface area contributed by atoms with Crippen LogP contribution in [0.3, 0.4) is 0 Å². The van der Waals surface area contributed by atoms with Crippen LogP contribution in [0.5, 0.6) is 0 Å². The van der Waals surface area contributed by atoms with Gasteiger partial charge in [-0.2, -0.15) is 0 Å². The van der Waals surface area contributed by atoms with Crippen molar-refractivity contribution in [3.63, 3.8) is 0 Å². The fraction of sp³-hybridized carbons (Fsp3) is 0.231. The number of hydrogen-bond donors (Lipinski definition) is 0. The minimum absolute atomic E-state index is 0.0281. The predicted molar refractivity (Wildman–Crippen MR) is 125 cm³/mol. The second-order valence-corrected chi connectivity index (χ2v) is 7.82. The number of aryl methyl sites for hydroxylation is 1. The predicted octanol–water partition coefficient (Wildman–Crippen LogP) is 5.81. The van der Waals surface area contributed by atoms with E-state index in [-0.39, 0.29) is 17.4 Å². The lowest BCUT2D eigenvalue weighted by atomic mass is 10.0. The van der Waals surface area contributed by atoms with E-state index in [1.165, 1.54) is 17.7 Å². The Labute approximate surface area is 181 Å². The molecule has 0 saturated carbocycles. The molecule has 4 nitrogen and oxygen atoms in total. The summed E-state index contributed by atoms with van der Waals surface area (Å²) in [6.07, 6.45) is 1.61. The maximum atomic E-state index is 13.6. The number of benzene rings is 3. The Morgan fingerprint density at radius 1 is 1.00 bits per heavy atom. The van der Waals surface area contributed by atoms with Gasteiger partial charge in [0.1, 0.15) is 11.6 Å². The van der Waals surface area contributed by atoms with Crippen LogP contribution in [-0.4, -0.2) is 16.6 Å². The lowest BCUT2D eigenvalue weighted by Gasteiger charge is -2.22. The summed E-state index contributed by atoms with van der Waals surface area (Å²) in [4.78, 5) is 20.2. The molecule has 4 rings (SSSR count). The molecule has 0 bridgehead atoms. The van der Waals surface area contributed by atoms with Gasteiger partial charge in [0, 0.05) is 24.5 Å². The average Bonchev–Trinajstić information content (AvgIpc) is 2.79. The Morgan fingerprint density at radius 3 is 2.35 bits per heavy atom. The first-order chi connectivity index (χ1) is 15.0. The van der Waals surface area contributed by atoms with E-state index >= 15 is 0 Å². The number of anilines is 2. The molecule has 158 valence electrons. The summed E-state index contributed by atoms with van der Waals surface area (Å²) in [6, 6.07) is 22.2. The summed E-state index contributed by atoms with van der Waals surface area (Å²) < 4.78 is 15.1. The average molecular weight is 416 g/mol. The molecule has 1 heterocycles. The molecule has 0 saturated heterocycles. The van der Waals surface area contributed by atoms with Crippen molar-refractivity contribution in [3.8, 4) is 0 Å². The van der Waals surface area contributed by atoms with Gasteiger partial charge in [-0.05, 0) is 67.8 Å². The molecule has 1 aromatic heterocycles. The lowest BCUT2D eigenvalue weighted by molar-refractivity contribution is 0.455. The van der Waals surface area contributed by atoms with Gasteiger partial charge in [-0.25, -0.2) is 9.37 Å². The van der Waals surface area contributed by atoms with Crippen molar-refractivity contribution >= 4 is 22.3 Å². The maximum absolute atomic E-state index is 13.6. The standard InChI is InChI=1S/C26H26FN3O/c1-4-21(16-19-8-6-5-7-9-19)30-18(2)28-25-15-14-23(17-24(25)26(30)31)29(3)22-12-10-20(27)11-13-22/h5-15,17,21H,4,16H2,1-3H3/t21-/m1/s1. The van der Waals surface area contributed by atoms with Gasteiger partial charge in [-0.15, -0.1) is 0 Å². The Bertz CT molecular complexity index is 1250. The molecule has 0 spiro atoms. The first-order valence-corrected chi connectivity index (χ1v) is 10.5. The van der Waals surface area contributed by atoms with Crippen LogP contribution in [0.2, 0.25) is 0 Å². The Balaban J connectivity index is 1.77. The molecule has 3 aromatic carbocycles. The number of hydrogen-bond acceptors (Lipinski definition) is 3. The van der Waals surface area contributed by atoms with Crippen molar-refractivity contribution < 1.29 is 4.39 Å². The molecule has 1 atom stereocenters. The van der Waals surface area contributed by atoms with E-state index in [0.29, 0.717) is 10.9 Å². The maximum Gasteiger partial charge on any atom is 0.261 e. The first-order valence-electron chi connectivity index (χ1n) is 10.5. The quantitative estimate of drug-likeness (QED) is 0.399. The first kappa shape index (κ1) is 20.8. The third-order valence-corrected chi connectivity index (χ3v) is 5.81. The summed E-state index contributed by atoms with van der Waals surface area (Å²) >= 11 is 0. The van der Waals surface area contributed by atoms with Crippen molar-refractivity contribution in [2.75, 3.05) is 11.9 Å². The summed E-state index contributed by atoms with van der Waals surface area (Å²) in [5, 5.41) is 0.587. The van der Waals surface area contributed by atoms with E-state index in [0.717, 1.165) is 30.0 Å². The molecule has 31 heavy (non-hydrogen) atoms. The van der Waals surface area contributed by atoms with Gasteiger partial charge in [0.15, 0.2) is 0 Å². The van der Waals surface area contributed by atoms with Gasteiger partial charge in [-0.1, -0.05) is 37.3 Å². The summed E-state index contributed by atoms with van der Waals surface area (Å²) in [5.41, 5.74) is 3.55. The Hall–Kier alpha value is -3.47. The normalized spacial score (nSPS) is 12.1. The molecular formula is C26H26FN3O. The highest BCUT2D eigenvalue weighted by atomic mass is 19.1. The zero-order valence-electron chi connectivity index (χ0n) is 18.0. The SMILES string of the molecule is CC[C@H](Cc1ccccc1)n1c(C)nc2ccc(N(C)c3ccc(F)cc3)cc2c1=O. The van der Waals surface area contributed by atoms with Gasteiger partial charge in [0.05, 0.1) is 10.9 Å². The zero-order valence-corrected chi connectivity index (χ0v) is 18.0. The highest BCUT2D eigenvalue weighted by molar-refractivity contribution is 5.83. The Morgan fingerprint density at radius 2 is 1.68 bits per heavy atom. The van der Waals surface area contributed by atoms with Crippen molar-refractivity contribution in [1.82, 2.24) is 9.55 Å². The fourth-order valence-electron chi connectivity index (χ4n) is 4.05. The van der Waals surface area contributed by atoms with E-state index in [2.05, 4.69) is 19.1 Å². The van der Waals surface area contributed by atoms with Gasteiger partial charge < -0.3 is 4.90 Å². The van der Waals surface area contributed by atoms with Crippen LogP contribution < -0.4 is 10.5 Å². The van der Waals surface area contributed by atoms with Crippen LogP contribution in [0.25, 0.3) is 10.9 Å². The highest BCUT2D eigenvalue weighted by Crippen LogP contribution is 2.27. The van der Waals surface area contributed by atoms with Gasteiger partial charge in [0.2, 0.25) is 0 Å². The molecule has 0 unspecified atom stereocenters. The minimum Gasteiger partial charge on any atom is -0.345 e. The molecule has 5 heteroatoms. The molecule has 0 fully saturated rings. The number of fused-ring (bicyclic) bond motifs is 1. The van der Waals surface area contributed by atoms with Crippen LogP contribution in [0.15, 0.2) is 77.6 Å². The second-order valence-electron chi connectivity index (χ2n) is 7.82. The zero-order chi connectivity index (χ0) is 22.0. The van der Waals surface area contributed by atoms with E-state index in [1.807, 2.05) is 59.8 Å². The van der Waals surface area contributed by atoms with Crippen LogP contribution in [0.1, 0.15) is 30.8 Å². The van der Waals surface area contributed by atoms with Crippen LogP contribution in [0.4, 0.5) is 15.8 Å². The number of halogens is 1.